The first kappa shape index (κ1) is 22.3. The summed E-state index contributed by atoms with van der Waals surface area (Å²) in [4.78, 5) is 28.6. The number of carbonyl (C=O) groups excluding carboxylic acids is 2. The number of pyridine rings is 1. The molecule has 156 valence electrons. The van der Waals surface area contributed by atoms with Crippen LogP contribution in [-0.4, -0.2) is 57.4 Å². The normalized spacial score (nSPS) is 11.2. The molecule has 1 heterocycles. The van der Waals surface area contributed by atoms with Gasteiger partial charge in [-0.3, -0.25) is 4.79 Å². The molecule has 1 aromatic carbocycles. The maximum Gasteiger partial charge on any atom is 0.339 e. The van der Waals surface area contributed by atoms with Crippen LogP contribution in [-0.2, 0) is 14.8 Å². The highest BCUT2D eigenvalue weighted by molar-refractivity contribution is 7.89. The third kappa shape index (κ3) is 4.90. The minimum absolute atomic E-state index is 0.000369. The van der Waals surface area contributed by atoms with E-state index in [9.17, 15) is 18.0 Å². The molecule has 10 heteroatoms. The maximum absolute atomic E-state index is 12.6. The van der Waals surface area contributed by atoms with Gasteiger partial charge in [-0.25, -0.2) is 22.5 Å². The second-order valence-corrected chi connectivity index (χ2v) is 8.31. The molecule has 0 saturated heterocycles. The molecular formula is C19H23N3O6S. The topological polar surface area (TPSA) is 115 Å². The Hall–Kier alpha value is -2.98. The third-order valence-electron chi connectivity index (χ3n) is 4.01. The molecule has 0 bridgehead atoms. The van der Waals surface area contributed by atoms with Crippen LogP contribution in [0.4, 0.5) is 5.69 Å². The lowest BCUT2D eigenvalue weighted by Gasteiger charge is -2.15. The molecular weight excluding hydrogens is 398 g/mol. The smallest absolute Gasteiger partial charge is 0.339 e. The second-order valence-electron chi connectivity index (χ2n) is 6.15. The van der Waals surface area contributed by atoms with Gasteiger partial charge in [0, 0.05) is 14.1 Å². The summed E-state index contributed by atoms with van der Waals surface area (Å²) in [5, 5.41) is 2.60. The Kier molecular flexibility index (Phi) is 6.93. The van der Waals surface area contributed by atoms with Gasteiger partial charge >= 0.3 is 5.97 Å². The molecule has 0 fully saturated rings. The molecule has 0 spiro atoms. The molecule has 9 nitrogen and oxygen atoms in total. The first-order valence-corrected chi connectivity index (χ1v) is 10.1. The number of nitrogens with one attached hydrogen (secondary N) is 1. The van der Waals surface area contributed by atoms with E-state index in [1.807, 2.05) is 0 Å². The van der Waals surface area contributed by atoms with Crippen LogP contribution in [0.25, 0.3) is 0 Å². The SMILES string of the molecule is CCOC(=O)c1ccc(C(=O)Nc2cc(S(=O)(=O)N(C)C)ccc2OC)nc1C. The van der Waals surface area contributed by atoms with E-state index in [2.05, 4.69) is 10.3 Å². The number of anilines is 1. The summed E-state index contributed by atoms with van der Waals surface area (Å²) in [6.45, 7) is 3.51. The zero-order valence-corrected chi connectivity index (χ0v) is 17.7. The minimum atomic E-state index is -3.69. The number of aromatic nitrogens is 1. The molecule has 2 rings (SSSR count). The predicted molar refractivity (Wildman–Crippen MR) is 107 cm³/mol. The average molecular weight is 421 g/mol. The first-order chi connectivity index (χ1) is 13.6. The molecule has 1 N–H and O–H groups in total. The Morgan fingerprint density at radius 2 is 1.86 bits per heavy atom. The number of hydrogen-bond acceptors (Lipinski definition) is 7. The fourth-order valence-corrected chi connectivity index (χ4v) is 3.38. The molecule has 0 aliphatic rings. The van der Waals surface area contributed by atoms with Crippen molar-refractivity contribution in [2.75, 3.05) is 33.1 Å². The zero-order chi connectivity index (χ0) is 21.8. The van der Waals surface area contributed by atoms with Gasteiger partial charge in [0.25, 0.3) is 5.91 Å². The Balaban J connectivity index is 2.35. The largest absolute Gasteiger partial charge is 0.495 e. The van der Waals surface area contributed by atoms with Crippen LogP contribution in [0.3, 0.4) is 0 Å². The summed E-state index contributed by atoms with van der Waals surface area (Å²) in [5.41, 5.74) is 0.833. The van der Waals surface area contributed by atoms with E-state index in [0.717, 1.165) is 4.31 Å². The molecule has 0 aliphatic carbocycles. The fraction of sp³-hybridized carbons (Fsp3) is 0.316. The number of carbonyl (C=O) groups is 2. The number of rotatable bonds is 7. The molecule has 0 atom stereocenters. The molecule has 1 aromatic heterocycles. The van der Waals surface area contributed by atoms with Gasteiger partial charge in [-0.2, -0.15) is 0 Å². The number of esters is 1. The number of nitrogens with zero attached hydrogens (tertiary/aromatic N) is 2. The number of aryl methyl sites for hydroxylation is 1. The van der Waals surface area contributed by atoms with Crippen LogP contribution in [0, 0.1) is 6.92 Å². The molecule has 0 aliphatic heterocycles. The number of hydrogen-bond donors (Lipinski definition) is 1. The summed E-state index contributed by atoms with van der Waals surface area (Å²) in [5.74, 6) is -0.815. The van der Waals surface area contributed by atoms with E-state index in [-0.39, 0.29) is 34.2 Å². The lowest BCUT2D eigenvalue weighted by atomic mass is 10.2. The number of benzene rings is 1. The number of amides is 1. The quantitative estimate of drug-likeness (QED) is 0.681. The summed E-state index contributed by atoms with van der Waals surface area (Å²) in [6, 6.07) is 7.00. The van der Waals surface area contributed by atoms with Gasteiger partial charge in [0.15, 0.2) is 0 Å². The van der Waals surface area contributed by atoms with Crippen molar-refractivity contribution in [1.82, 2.24) is 9.29 Å². The summed E-state index contributed by atoms with van der Waals surface area (Å²) in [6.07, 6.45) is 0. The van der Waals surface area contributed by atoms with E-state index >= 15 is 0 Å². The van der Waals surface area contributed by atoms with Crippen LogP contribution in [0.1, 0.15) is 33.5 Å². The van der Waals surface area contributed by atoms with Crippen LogP contribution >= 0.6 is 0 Å². The van der Waals surface area contributed by atoms with Crippen molar-refractivity contribution in [2.45, 2.75) is 18.7 Å². The van der Waals surface area contributed by atoms with Crippen LogP contribution in [0.2, 0.25) is 0 Å². The molecule has 29 heavy (non-hydrogen) atoms. The standard InChI is InChI=1S/C19H23N3O6S/c1-6-28-19(24)14-8-9-15(20-12(14)2)18(23)21-16-11-13(7-10-17(16)27-5)29(25,26)22(3)4/h7-11H,6H2,1-5H3,(H,21,23). The molecule has 0 saturated carbocycles. The van der Waals surface area contributed by atoms with Gasteiger partial charge in [0.2, 0.25) is 10.0 Å². The van der Waals surface area contributed by atoms with Gasteiger partial charge in [-0.1, -0.05) is 0 Å². The Bertz CT molecular complexity index is 1030. The zero-order valence-electron chi connectivity index (χ0n) is 16.8. The summed E-state index contributed by atoms with van der Waals surface area (Å²) >= 11 is 0. The Labute approximate surface area is 169 Å². The monoisotopic (exact) mass is 421 g/mol. The van der Waals surface area contributed by atoms with Crippen molar-refractivity contribution in [2.24, 2.45) is 0 Å². The lowest BCUT2D eigenvalue weighted by molar-refractivity contribution is 0.0524. The predicted octanol–water partition coefficient (Wildman–Crippen LogP) is 2.08. The van der Waals surface area contributed by atoms with Crippen molar-refractivity contribution < 1.29 is 27.5 Å². The molecule has 2 aromatic rings. The van der Waals surface area contributed by atoms with Gasteiger partial charge in [-0.05, 0) is 44.2 Å². The fourth-order valence-electron chi connectivity index (χ4n) is 2.45. The van der Waals surface area contributed by atoms with Crippen molar-refractivity contribution in [3.8, 4) is 5.75 Å². The van der Waals surface area contributed by atoms with Crippen LogP contribution in [0.15, 0.2) is 35.2 Å². The number of ether oxygens (including phenoxy) is 2. The summed E-state index contributed by atoms with van der Waals surface area (Å²) < 4.78 is 35.9. The van der Waals surface area contributed by atoms with Gasteiger partial charge in [-0.15, -0.1) is 0 Å². The lowest BCUT2D eigenvalue weighted by Crippen LogP contribution is -2.22. The first-order valence-electron chi connectivity index (χ1n) is 8.68. The highest BCUT2D eigenvalue weighted by atomic mass is 32.2. The Morgan fingerprint density at radius 1 is 1.17 bits per heavy atom. The number of methoxy groups -OCH3 is 1. The Morgan fingerprint density at radius 3 is 2.41 bits per heavy atom. The highest BCUT2D eigenvalue weighted by Gasteiger charge is 2.21. The molecule has 1 amide bonds. The van der Waals surface area contributed by atoms with E-state index in [0.29, 0.717) is 5.69 Å². The van der Waals surface area contributed by atoms with Crippen LogP contribution < -0.4 is 10.1 Å². The van der Waals surface area contributed by atoms with Crippen molar-refractivity contribution in [3.63, 3.8) is 0 Å². The van der Waals surface area contributed by atoms with E-state index in [4.69, 9.17) is 9.47 Å². The molecule has 0 unspecified atom stereocenters. The van der Waals surface area contributed by atoms with Gasteiger partial charge in [0.1, 0.15) is 11.4 Å². The van der Waals surface area contributed by atoms with Crippen molar-refractivity contribution >= 4 is 27.6 Å². The maximum atomic E-state index is 12.6. The summed E-state index contributed by atoms with van der Waals surface area (Å²) in [7, 11) is 0.536. The number of sulfonamides is 1. The van der Waals surface area contributed by atoms with Crippen molar-refractivity contribution in [3.05, 3.63) is 47.3 Å². The highest BCUT2D eigenvalue weighted by Crippen LogP contribution is 2.29. The molecule has 0 radical (unpaired) electrons. The van der Waals surface area contributed by atoms with Gasteiger partial charge in [0.05, 0.1) is 35.6 Å². The van der Waals surface area contributed by atoms with E-state index < -0.39 is 21.9 Å². The average Bonchev–Trinajstić information content (AvgIpc) is 2.67. The van der Waals surface area contributed by atoms with Crippen LogP contribution in [0.5, 0.6) is 5.75 Å². The third-order valence-corrected chi connectivity index (χ3v) is 5.82. The van der Waals surface area contributed by atoms with E-state index in [1.54, 1.807) is 13.8 Å². The van der Waals surface area contributed by atoms with Gasteiger partial charge < -0.3 is 14.8 Å². The van der Waals surface area contributed by atoms with Crippen molar-refractivity contribution in [1.29, 1.82) is 0 Å². The van der Waals surface area contributed by atoms with E-state index in [1.165, 1.54) is 51.5 Å². The minimum Gasteiger partial charge on any atom is -0.495 e. The second kappa shape index (κ2) is 9.01.